The molecule has 0 bridgehead atoms. The van der Waals surface area contributed by atoms with Crippen molar-refractivity contribution in [2.45, 2.75) is 25.3 Å². The molecule has 1 saturated heterocycles. The van der Waals surface area contributed by atoms with Crippen LogP contribution in [-0.4, -0.2) is 33.7 Å². The van der Waals surface area contributed by atoms with E-state index in [0.717, 1.165) is 27.0 Å². The topological polar surface area (TPSA) is 77.6 Å². The number of fused-ring (bicyclic) bond motifs is 1. The Hall–Kier alpha value is -3.41. The minimum atomic E-state index is -0.954. The van der Waals surface area contributed by atoms with Crippen molar-refractivity contribution in [1.82, 2.24) is 15.3 Å². The number of benzene rings is 2. The summed E-state index contributed by atoms with van der Waals surface area (Å²) in [6.45, 7) is 1.75. The molecule has 0 radical (unpaired) electrons. The fraction of sp³-hybridized carbons (Fsp3) is 0.190. The van der Waals surface area contributed by atoms with Gasteiger partial charge in [-0.2, -0.15) is 5.10 Å². The molecule has 1 atom stereocenters. The van der Waals surface area contributed by atoms with Gasteiger partial charge in [0.25, 0.3) is 5.91 Å². The third-order valence-electron chi connectivity index (χ3n) is 4.93. The van der Waals surface area contributed by atoms with Crippen molar-refractivity contribution in [3.63, 3.8) is 0 Å². The number of aromatic nitrogens is 1. The summed E-state index contributed by atoms with van der Waals surface area (Å²) in [4.78, 5) is 28.3. The molecule has 1 aliphatic heterocycles. The Kier molecular flexibility index (Phi) is 4.24. The van der Waals surface area contributed by atoms with E-state index in [1.807, 2.05) is 54.6 Å². The van der Waals surface area contributed by atoms with Crippen LogP contribution in [-0.2, 0) is 11.2 Å². The van der Waals surface area contributed by atoms with E-state index in [4.69, 9.17) is 0 Å². The molecule has 0 saturated carbocycles. The molecule has 3 aromatic rings. The van der Waals surface area contributed by atoms with Crippen molar-refractivity contribution in [1.29, 1.82) is 0 Å². The van der Waals surface area contributed by atoms with Gasteiger partial charge in [-0.25, -0.2) is 4.79 Å². The zero-order valence-electron chi connectivity index (χ0n) is 15.0. The SMILES string of the molecule is C[C@@]1(CCc2ccccc2)NC(=O)N(/N=C/c2c[nH]c3ccccc23)C1=O. The molecule has 1 aliphatic rings. The van der Waals surface area contributed by atoms with Crippen LogP contribution in [0, 0.1) is 0 Å². The van der Waals surface area contributed by atoms with Crippen molar-refractivity contribution in [3.05, 3.63) is 71.9 Å². The number of hydrazone groups is 1. The molecule has 0 unspecified atom stereocenters. The number of hydrogen-bond acceptors (Lipinski definition) is 3. The van der Waals surface area contributed by atoms with Crippen LogP contribution in [0.3, 0.4) is 0 Å². The van der Waals surface area contributed by atoms with Crippen molar-refractivity contribution in [2.24, 2.45) is 5.10 Å². The standard InChI is InChI=1S/C21H20N4O2/c1-21(12-11-15-7-3-2-4-8-15)19(26)25(20(27)24-21)23-14-16-13-22-18-10-6-5-9-17(16)18/h2-10,13-14,22H,11-12H2,1H3,(H,24,27)/b23-14+/t21-/m0/s1. The molecular formula is C21H20N4O2. The van der Waals surface area contributed by atoms with E-state index >= 15 is 0 Å². The Labute approximate surface area is 156 Å². The van der Waals surface area contributed by atoms with E-state index in [9.17, 15) is 9.59 Å². The lowest BCUT2D eigenvalue weighted by molar-refractivity contribution is -0.130. The average Bonchev–Trinajstić information content (AvgIpc) is 3.19. The lowest BCUT2D eigenvalue weighted by atomic mass is 9.93. The molecule has 1 aromatic heterocycles. The summed E-state index contributed by atoms with van der Waals surface area (Å²) >= 11 is 0. The maximum atomic E-state index is 12.8. The Morgan fingerprint density at radius 1 is 1.07 bits per heavy atom. The molecule has 6 nitrogen and oxygen atoms in total. The van der Waals surface area contributed by atoms with Gasteiger partial charge in [-0.05, 0) is 31.4 Å². The van der Waals surface area contributed by atoms with E-state index in [0.29, 0.717) is 12.8 Å². The van der Waals surface area contributed by atoms with E-state index in [1.165, 1.54) is 0 Å². The van der Waals surface area contributed by atoms with Crippen LogP contribution in [0.4, 0.5) is 4.79 Å². The number of aromatic amines is 1. The van der Waals surface area contributed by atoms with Gasteiger partial charge < -0.3 is 10.3 Å². The number of amides is 3. The van der Waals surface area contributed by atoms with Gasteiger partial charge in [-0.15, -0.1) is 5.01 Å². The number of carbonyl (C=O) groups is 2. The van der Waals surface area contributed by atoms with Gasteiger partial charge in [0.1, 0.15) is 5.54 Å². The van der Waals surface area contributed by atoms with Crippen LogP contribution >= 0.6 is 0 Å². The number of hydrogen-bond donors (Lipinski definition) is 2. The molecule has 2 N–H and O–H groups in total. The number of aryl methyl sites for hydroxylation is 1. The lowest BCUT2D eigenvalue weighted by Crippen LogP contribution is -2.44. The molecule has 0 spiro atoms. The highest BCUT2D eigenvalue weighted by atomic mass is 16.2. The Morgan fingerprint density at radius 2 is 1.81 bits per heavy atom. The number of urea groups is 1. The quantitative estimate of drug-likeness (QED) is 0.540. The van der Waals surface area contributed by atoms with Gasteiger partial charge in [0.15, 0.2) is 0 Å². The number of nitrogens with zero attached hydrogens (tertiary/aromatic N) is 2. The van der Waals surface area contributed by atoms with Gasteiger partial charge in [0, 0.05) is 22.7 Å². The number of para-hydroxylation sites is 1. The highest BCUT2D eigenvalue weighted by Gasteiger charge is 2.47. The van der Waals surface area contributed by atoms with Gasteiger partial charge in [-0.3, -0.25) is 4.79 Å². The molecule has 6 heteroatoms. The predicted octanol–water partition coefficient (Wildman–Crippen LogP) is 3.45. The normalized spacial score (nSPS) is 20.0. The van der Waals surface area contributed by atoms with E-state index < -0.39 is 11.6 Å². The second-order valence-corrected chi connectivity index (χ2v) is 6.90. The van der Waals surface area contributed by atoms with Crippen molar-refractivity contribution in [2.75, 3.05) is 0 Å². The van der Waals surface area contributed by atoms with E-state index in [-0.39, 0.29) is 5.91 Å². The zero-order chi connectivity index (χ0) is 18.9. The molecule has 0 aliphatic carbocycles. The molecular weight excluding hydrogens is 340 g/mol. The van der Waals surface area contributed by atoms with Crippen LogP contribution < -0.4 is 5.32 Å². The molecule has 3 amide bonds. The third-order valence-corrected chi connectivity index (χ3v) is 4.93. The first-order valence-electron chi connectivity index (χ1n) is 8.87. The first-order chi connectivity index (χ1) is 13.1. The van der Waals surface area contributed by atoms with Gasteiger partial charge in [-0.1, -0.05) is 48.5 Å². The second kappa shape index (κ2) is 6.72. The summed E-state index contributed by atoms with van der Waals surface area (Å²) in [7, 11) is 0. The van der Waals surface area contributed by atoms with Crippen molar-refractivity contribution in [3.8, 4) is 0 Å². The summed E-state index contributed by atoms with van der Waals surface area (Å²) < 4.78 is 0. The second-order valence-electron chi connectivity index (χ2n) is 6.90. The Balaban J connectivity index is 1.50. The summed E-state index contributed by atoms with van der Waals surface area (Å²) in [5, 5.41) is 8.85. The minimum Gasteiger partial charge on any atom is -0.361 e. The van der Waals surface area contributed by atoms with Crippen molar-refractivity contribution >= 4 is 29.1 Å². The summed E-state index contributed by atoms with van der Waals surface area (Å²) in [6, 6.07) is 17.2. The fourth-order valence-corrected chi connectivity index (χ4v) is 3.30. The highest BCUT2D eigenvalue weighted by Crippen LogP contribution is 2.24. The lowest BCUT2D eigenvalue weighted by Gasteiger charge is -2.20. The number of nitrogens with one attached hydrogen (secondary N) is 2. The van der Waals surface area contributed by atoms with E-state index in [1.54, 1.807) is 19.3 Å². The van der Waals surface area contributed by atoms with Crippen LogP contribution in [0.15, 0.2) is 65.9 Å². The number of H-pyrrole nitrogens is 1. The monoisotopic (exact) mass is 360 g/mol. The smallest absolute Gasteiger partial charge is 0.346 e. The Morgan fingerprint density at radius 3 is 2.63 bits per heavy atom. The number of rotatable bonds is 5. The van der Waals surface area contributed by atoms with Crippen LogP contribution in [0.25, 0.3) is 10.9 Å². The van der Waals surface area contributed by atoms with Crippen LogP contribution in [0.2, 0.25) is 0 Å². The molecule has 1 fully saturated rings. The maximum absolute atomic E-state index is 12.8. The summed E-state index contributed by atoms with van der Waals surface area (Å²) in [5.41, 5.74) is 1.97. The van der Waals surface area contributed by atoms with Gasteiger partial charge >= 0.3 is 6.03 Å². The maximum Gasteiger partial charge on any atom is 0.346 e. The highest BCUT2D eigenvalue weighted by molar-refractivity contribution is 6.08. The fourth-order valence-electron chi connectivity index (χ4n) is 3.30. The molecule has 4 rings (SSSR count). The largest absolute Gasteiger partial charge is 0.361 e. The molecule has 2 aromatic carbocycles. The first kappa shape index (κ1) is 17.0. The minimum absolute atomic E-state index is 0.334. The Bertz CT molecular complexity index is 1020. The van der Waals surface area contributed by atoms with Crippen LogP contribution in [0.5, 0.6) is 0 Å². The zero-order valence-corrected chi connectivity index (χ0v) is 15.0. The molecule has 2 heterocycles. The number of imide groups is 1. The third kappa shape index (κ3) is 3.21. The van der Waals surface area contributed by atoms with Crippen molar-refractivity contribution < 1.29 is 9.59 Å². The average molecular weight is 360 g/mol. The number of carbonyl (C=O) groups excluding carboxylic acids is 2. The molecule has 27 heavy (non-hydrogen) atoms. The van der Waals surface area contributed by atoms with Gasteiger partial charge in [0.05, 0.1) is 6.21 Å². The van der Waals surface area contributed by atoms with E-state index in [2.05, 4.69) is 15.4 Å². The van der Waals surface area contributed by atoms with Crippen LogP contribution in [0.1, 0.15) is 24.5 Å². The summed E-state index contributed by atoms with van der Waals surface area (Å²) in [5.74, 6) is -0.334. The first-order valence-corrected chi connectivity index (χ1v) is 8.87. The summed E-state index contributed by atoms with van der Waals surface area (Å²) in [6.07, 6.45) is 4.56. The molecule has 136 valence electrons. The predicted molar refractivity (Wildman–Crippen MR) is 104 cm³/mol. The van der Waals surface area contributed by atoms with Gasteiger partial charge in [0.2, 0.25) is 0 Å².